The Morgan fingerprint density at radius 1 is 1.39 bits per heavy atom. The Balaban J connectivity index is 1.63. The van der Waals surface area contributed by atoms with E-state index in [0.29, 0.717) is 6.42 Å². The number of rotatable bonds is 4. The number of halogens is 2. The molecule has 2 aromatic rings. The number of benzene rings is 1. The molecule has 0 spiro atoms. The molecule has 0 bridgehead atoms. The second-order valence-electron chi connectivity index (χ2n) is 5.46. The summed E-state index contributed by atoms with van der Waals surface area (Å²) in [6.45, 7) is 1.74. The second-order valence-corrected chi connectivity index (χ2v) is 5.46. The summed E-state index contributed by atoms with van der Waals surface area (Å²) in [7, 11) is 0. The van der Waals surface area contributed by atoms with Crippen LogP contribution in [-0.4, -0.2) is 21.6 Å². The van der Waals surface area contributed by atoms with Gasteiger partial charge in [-0.25, -0.2) is 24.6 Å². The third-order valence-electron chi connectivity index (χ3n) is 3.92. The molecule has 1 aliphatic rings. The highest BCUT2D eigenvalue weighted by molar-refractivity contribution is 5.80. The van der Waals surface area contributed by atoms with E-state index in [2.05, 4.69) is 21.2 Å². The van der Waals surface area contributed by atoms with Gasteiger partial charge in [0.05, 0.1) is 18.5 Å². The van der Waals surface area contributed by atoms with Gasteiger partial charge in [0, 0.05) is 24.4 Å². The quantitative estimate of drug-likeness (QED) is 0.796. The van der Waals surface area contributed by atoms with E-state index in [1.54, 1.807) is 30.2 Å². The van der Waals surface area contributed by atoms with Crippen LogP contribution in [0.15, 0.2) is 36.9 Å². The van der Waals surface area contributed by atoms with Crippen molar-refractivity contribution in [3.8, 4) is 0 Å². The van der Waals surface area contributed by atoms with Gasteiger partial charge in [-0.15, -0.1) is 0 Å². The van der Waals surface area contributed by atoms with Crippen molar-refractivity contribution >= 4 is 5.91 Å². The van der Waals surface area contributed by atoms with Crippen molar-refractivity contribution in [2.45, 2.75) is 31.6 Å². The highest BCUT2D eigenvalue weighted by Crippen LogP contribution is 2.26. The number of nitrogens with one attached hydrogen (secondary N) is 3. The van der Waals surface area contributed by atoms with Crippen molar-refractivity contribution in [1.82, 2.24) is 25.7 Å². The van der Waals surface area contributed by atoms with Gasteiger partial charge in [0.2, 0.25) is 5.91 Å². The number of carbonyl (C=O) groups is 1. The molecule has 0 radical (unpaired) electrons. The molecule has 1 aromatic heterocycles. The first-order valence-electron chi connectivity index (χ1n) is 7.29. The first-order chi connectivity index (χ1) is 11.1. The van der Waals surface area contributed by atoms with Gasteiger partial charge < -0.3 is 9.88 Å². The van der Waals surface area contributed by atoms with Crippen LogP contribution in [0, 0.1) is 11.6 Å². The number of nitrogens with zero attached hydrogens (tertiary/aromatic N) is 2. The molecule has 122 valence electrons. The van der Waals surface area contributed by atoms with Gasteiger partial charge in [0.15, 0.2) is 0 Å². The molecule has 23 heavy (non-hydrogen) atoms. The summed E-state index contributed by atoms with van der Waals surface area (Å²) in [5.74, 6) is -1.43. The van der Waals surface area contributed by atoms with Crippen molar-refractivity contribution in [2.24, 2.45) is 0 Å². The lowest BCUT2D eigenvalue weighted by atomic mass is 10.0. The molecule has 3 N–H and O–H groups in total. The minimum Gasteiger partial charge on any atom is -0.338 e. The average molecular weight is 321 g/mol. The minimum absolute atomic E-state index is 0.0283. The Morgan fingerprint density at radius 3 is 2.78 bits per heavy atom. The standard InChI is InChI=1S/C15H17F2N5O/c1-9(22-6-5-18-8-22)15(23)19-13-7-12(20-21-13)14-10(16)3-2-4-11(14)17/h2-6,8-9,12-13,20-21H,7H2,1H3,(H,19,23). The molecule has 3 unspecified atom stereocenters. The molecule has 6 nitrogen and oxygen atoms in total. The van der Waals surface area contributed by atoms with Crippen molar-refractivity contribution in [3.05, 3.63) is 54.1 Å². The van der Waals surface area contributed by atoms with E-state index in [-0.39, 0.29) is 11.5 Å². The number of hydrogen-bond acceptors (Lipinski definition) is 4. The van der Waals surface area contributed by atoms with Gasteiger partial charge in [-0.05, 0) is 19.1 Å². The Hall–Kier alpha value is -2.32. The molecule has 0 saturated carbocycles. The van der Waals surface area contributed by atoms with E-state index in [0.717, 1.165) is 0 Å². The third kappa shape index (κ3) is 3.22. The largest absolute Gasteiger partial charge is 0.338 e. The monoisotopic (exact) mass is 321 g/mol. The maximum atomic E-state index is 13.8. The molecule has 1 aliphatic heterocycles. The van der Waals surface area contributed by atoms with Gasteiger partial charge in [-0.3, -0.25) is 4.79 Å². The molecule has 1 saturated heterocycles. The maximum absolute atomic E-state index is 13.8. The maximum Gasteiger partial charge on any atom is 0.244 e. The summed E-state index contributed by atoms with van der Waals surface area (Å²) in [6.07, 6.45) is 4.76. The molecule has 2 heterocycles. The fraction of sp³-hybridized carbons (Fsp3) is 0.333. The van der Waals surface area contributed by atoms with Crippen LogP contribution < -0.4 is 16.2 Å². The summed E-state index contributed by atoms with van der Waals surface area (Å²) in [4.78, 5) is 16.1. The van der Waals surface area contributed by atoms with E-state index in [9.17, 15) is 13.6 Å². The fourth-order valence-electron chi connectivity index (χ4n) is 2.61. The highest BCUT2D eigenvalue weighted by Gasteiger charge is 2.30. The van der Waals surface area contributed by atoms with E-state index in [4.69, 9.17) is 0 Å². The van der Waals surface area contributed by atoms with E-state index in [1.807, 2.05) is 0 Å². The van der Waals surface area contributed by atoms with Gasteiger partial charge in [0.25, 0.3) is 0 Å². The topological polar surface area (TPSA) is 71.0 Å². The highest BCUT2D eigenvalue weighted by atomic mass is 19.1. The Bertz CT molecular complexity index is 671. The number of carbonyl (C=O) groups excluding carboxylic acids is 1. The Morgan fingerprint density at radius 2 is 2.13 bits per heavy atom. The average Bonchev–Trinajstić information content (AvgIpc) is 3.18. The zero-order valence-electron chi connectivity index (χ0n) is 12.5. The minimum atomic E-state index is -0.608. The number of imidazole rings is 1. The summed E-state index contributed by atoms with van der Waals surface area (Å²) in [5.41, 5.74) is 5.64. The first-order valence-corrected chi connectivity index (χ1v) is 7.29. The van der Waals surface area contributed by atoms with Crippen LogP contribution >= 0.6 is 0 Å². The van der Waals surface area contributed by atoms with Gasteiger partial charge in [-0.1, -0.05) is 6.07 Å². The number of amides is 1. The molecule has 8 heteroatoms. The Kier molecular flexibility index (Phi) is 4.35. The fourth-order valence-corrected chi connectivity index (χ4v) is 2.61. The van der Waals surface area contributed by atoms with Crippen LogP contribution in [0.4, 0.5) is 8.78 Å². The number of hydrazine groups is 1. The van der Waals surface area contributed by atoms with Crippen molar-refractivity contribution in [3.63, 3.8) is 0 Å². The molecule has 1 fully saturated rings. The number of hydrogen-bond donors (Lipinski definition) is 3. The summed E-state index contributed by atoms with van der Waals surface area (Å²) in [6, 6.07) is 2.77. The van der Waals surface area contributed by atoms with Crippen LogP contribution in [0.3, 0.4) is 0 Å². The molecule has 1 amide bonds. The van der Waals surface area contributed by atoms with Crippen molar-refractivity contribution in [2.75, 3.05) is 0 Å². The lowest BCUT2D eigenvalue weighted by Crippen LogP contribution is -2.46. The van der Waals surface area contributed by atoms with E-state index in [1.165, 1.54) is 18.2 Å². The van der Waals surface area contributed by atoms with Crippen LogP contribution in [0.5, 0.6) is 0 Å². The van der Waals surface area contributed by atoms with Crippen molar-refractivity contribution in [1.29, 1.82) is 0 Å². The molecule has 3 atom stereocenters. The predicted molar refractivity (Wildman–Crippen MR) is 78.9 cm³/mol. The smallest absolute Gasteiger partial charge is 0.244 e. The molecule has 0 aliphatic carbocycles. The molecule has 1 aromatic carbocycles. The lowest BCUT2D eigenvalue weighted by Gasteiger charge is -2.17. The normalized spacial score (nSPS) is 22.0. The summed E-state index contributed by atoms with van der Waals surface area (Å²) >= 11 is 0. The van der Waals surface area contributed by atoms with Crippen LogP contribution in [-0.2, 0) is 4.79 Å². The molecular weight excluding hydrogens is 304 g/mol. The number of aromatic nitrogens is 2. The van der Waals surface area contributed by atoms with Gasteiger partial charge in [0.1, 0.15) is 17.7 Å². The SMILES string of the molecule is CC(C(=O)NC1CC(c2c(F)cccc2F)NN1)n1ccnc1. The zero-order chi connectivity index (χ0) is 16.4. The lowest BCUT2D eigenvalue weighted by molar-refractivity contribution is -0.124. The van der Waals surface area contributed by atoms with E-state index >= 15 is 0 Å². The predicted octanol–water partition coefficient (Wildman–Crippen LogP) is 1.40. The molecule has 3 rings (SSSR count). The van der Waals surface area contributed by atoms with Crippen molar-refractivity contribution < 1.29 is 13.6 Å². The zero-order valence-corrected chi connectivity index (χ0v) is 12.5. The van der Waals surface area contributed by atoms with Crippen LogP contribution in [0.2, 0.25) is 0 Å². The third-order valence-corrected chi connectivity index (χ3v) is 3.92. The van der Waals surface area contributed by atoms with Crippen LogP contribution in [0.25, 0.3) is 0 Å². The molecular formula is C15H17F2N5O. The van der Waals surface area contributed by atoms with E-state index < -0.39 is 29.9 Å². The van der Waals surface area contributed by atoms with Gasteiger partial charge >= 0.3 is 0 Å². The Labute approximate surface area is 131 Å². The van der Waals surface area contributed by atoms with Gasteiger partial charge in [-0.2, -0.15) is 0 Å². The second kappa shape index (κ2) is 6.43. The summed E-state index contributed by atoms with van der Waals surface area (Å²) < 4.78 is 29.3. The van der Waals surface area contributed by atoms with Crippen LogP contribution in [0.1, 0.15) is 31.0 Å². The first kappa shape index (κ1) is 15.6. The summed E-state index contributed by atoms with van der Waals surface area (Å²) in [5, 5.41) is 2.80.